The fourth-order valence-corrected chi connectivity index (χ4v) is 2.23. The molecule has 0 bridgehead atoms. The van der Waals surface area contributed by atoms with Crippen LogP contribution in [-0.4, -0.2) is 29.9 Å². The van der Waals surface area contributed by atoms with Gasteiger partial charge in [0.25, 0.3) is 0 Å². The van der Waals surface area contributed by atoms with Gasteiger partial charge in [0.2, 0.25) is 5.91 Å². The van der Waals surface area contributed by atoms with E-state index in [0.717, 1.165) is 17.8 Å². The lowest BCUT2D eigenvalue weighted by Gasteiger charge is -2.12. The highest BCUT2D eigenvalue weighted by Gasteiger charge is 2.05. The Balaban J connectivity index is 0.00000338. The molecule has 0 atom stereocenters. The number of halogens is 1. The maximum Gasteiger partial charge on any atom is 0.243 e. The van der Waals surface area contributed by atoms with Crippen LogP contribution >= 0.6 is 24.0 Å². The van der Waals surface area contributed by atoms with Crippen LogP contribution in [-0.2, 0) is 17.8 Å². The van der Waals surface area contributed by atoms with Crippen LogP contribution in [0.25, 0.3) is 0 Å². The topological polar surface area (TPSA) is 78.4 Å². The van der Waals surface area contributed by atoms with Gasteiger partial charge in [0.1, 0.15) is 0 Å². The highest BCUT2D eigenvalue weighted by Crippen LogP contribution is 2.10. The molecular weight excluding hydrogens is 441 g/mol. The molecule has 1 aromatic heterocycles. The summed E-state index contributed by atoms with van der Waals surface area (Å²) in [6.45, 7) is 5.38. The van der Waals surface area contributed by atoms with Crippen molar-refractivity contribution >= 4 is 41.5 Å². The van der Waals surface area contributed by atoms with Gasteiger partial charge >= 0.3 is 0 Å². The number of aliphatic imine (C=N–C) groups is 1. The Kier molecular flexibility index (Phi) is 10.3. The van der Waals surface area contributed by atoms with E-state index in [9.17, 15) is 4.79 Å². The third-order valence-electron chi connectivity index (χ3n) is 3.50. The number of rotatable bonds is 7. The van der Waals surface area contributed by atoms with Crippen molar-refractivity contribution in [1.29, 1.82) is 0 Å². The van der Waals surface area contributed by atoms with Gasteiger partial charge in [-0.3, -0.25) is 9.78 Å². The lowest BCUT2D eigenvalue weighted by molar-refractivity contribution is -0.115. The number of anilines is 1. The smallest absolute Gasteiger partial charge is 0.243 e. The number of hydrogen-bond donors (Lipinski definition) is 3. The Morgan fingerprint density at radius 1 is 1.12 bits per heavy atom. The third-order valence-corrected chi connectivity index (χ3v) is 3.50. The molecule has 7 heteroatoms. The predicted molar refractivity (Wildman–Crippen MR) is 117 cm³/mol. The van der Waals surface area contributed by atoms with E-state index < -0.39 is 0 Å². The Morgan fingerprint density at radius 3 is 2.65 bits per heavy atom. The van der Waals surface area contributed by atoms with Crippen LogP contribution in [0.5, 0.6) is 0 Å². The number of nitrogens with zero attached hydrogens (tertiary/aromatic N) is 2. The number of nitrogens with one attached hydrogen (secondary N) is 3. The summed E-state index contributed by atoms with van der Waals surface area (Å²) in [4.78, 5) is 20.8. The molecule has 2 aromatic rings. The lowest BCUT2D eigenvalue weighted by Crippen LogP contribution is -2.41. The van der Waals surface area contributed by atoms with Gasteiger partial charge in [-0.1, -0.05) is 25.1 Å². The molecule has 0 saturated heterocycles. The molecule has 0 radical (unpaired) electrons. The van der Waals surface area contributed by atoms with Crippen molar-refractivity contribution in [1.82, 2.24) is 15.6 Å². The highest BCUT2D eigenvalue weighted by molar-refractivity contribution is 14.0. The second-order valence-corrected chi connectivity index (χ2v) is 5.47. The van der Waals surface area contributed by atoms with Gasteiger partial charge in [-0.15, -0.1) is 24.0 Å². The molecule has 1 amide bonds. The Hall–Kier alpha value is -2.16. The molecule has 0 aliphatic heterocycles. The number of aryl methyl sites for hydroxylation is 1. The molecule has 6 nitrogen and oxygen atoms in total. The first-order valence-electron chi connectivity index (χ1n) is 8.52. The quantitative estimate of drug-likeness (QED) is 0.333. The summed E-state index contributed by atoms with van der Waals surface area (Å²) >= 11 is 0. The first kappa shape index (κ1) is 21.9. The molecule has 0 saturated carbocycles. The van der Waals surface area contributed by atoms with Crippen molar-refractivity contribution < 1.29 is 4.79 Å². The maximum atomic E-state index is 12.1. The lowest BCUT2D eigenvalue weighted by atomic mass is 10.1. The van der Waals surface area contributed by atoms with Crippen molar-refractivity contribution in [2.24, 2.45) is 4.99 Å². The van der Waals surface area contributed by atoms with Gasteiger partial charge in [0, 0.05) is 18.4 Å². The molecule has 0 aliphatic carbocycles. The van der Waals surface area contributed by atoms with Crippen molar-refractivity contribution in [2.75, 3.05) is 18.4 Å². The van der Waals surface area contributed by atoms with Crippen LogP contribution in [0.2, 0.25) is 0 Å². The second kappa shape index (κ2) is 12.2. The molecule has 0 spiro atoms. The summed E-state index contributed by atoms with van der Waals surface area (Å²) in [5, 5.41) is 9.05. The number of guanidine groups is 1. The van der Waals surface area contributed by atoms with E-state index in [1.165, 1.54) is 5.56 Å². The van der Waals surface area contributed by atoms with E-state index >= 15 is 0 Å². The average molecular weight is 467 g/mol. The minimum Gasteiger partial charge on any atom is -0.357 e. The van der Waals surface area contributed by atoms with Gasteiger partial charge in [-0.2, -0.15) is 0 Å². The predicted octanol–water partition coefficient (Wildman–Crippen LogP) is 2.96. The van der Waals surface area contributed by atoms with E-state index in [1.807, 2.05) is 49.4 Å². The Labute approximate surface area is 171 Å². The molecular formula is C19H26IN5O. The third kappa shape index (κ3) is 7.81. The molecule has 3 N–H and O–H groups in total. The minimum absolute atomic E-state index is 0. The minimum atomic E-state index is -0.114. The first-order chi connectivity index (χ1) is 12.2. The molecule has 0 fully saturated rings. The zero-order chi connectivity index (χ0) is 17.9. The summed E-state index contributed by atoms with van der Waals surface area (Å²) in [6, 6.07) is 13.6. The Bertz CT molecular complexity index is 706. The van der Waals surface area contributed by atoms with E-state index in [1.54, 1.807) is 6.20 Å². The van der Waals surface area contributed by atoms with Crippen LogP contribution in [0.15, 0.2) is 53.7 Å². The molecule has 2 rings (SSSR count). The van der Waals surface area contributed by atoms with Crippen molar-refractivity contribution in [2.45, 2.75) is 26.8 Å². The summed E-state index contributed by atoms with van der Waals surface area (Å²) < 4.78 is 0. The number of pyridine rings is 1. The van der Waals surface area contributed by atoms with Crippen LogP contribution in [0.1, 0.15) is 25.1 Å². The second-order valence-electron chi connectivity index (χ2n) is 5.47. The van der Waals surface area contributed by atoms with Gasteiger partial charge < -0.3 is 16.0 Å². The molecule has 140 valence electrons. The van der Waals surface area contributed by atoms with E-state index in [0.29, 0.717) is 19.0 Å². The van der Waals surface area contributed by atoms with Crippen molar-refractivity contribution in [3.63, 3.8) is 0 Å². The fourth-order valence-electron chi connectivity index (χ4n) is 2.23. The highest BCUT2D eigenvalue weighted by atomic mass is 127. The monoisotopic (exact) mass is 467 g/mol. The number of benzene rings is 1. The zero-order valence-electron chi connectivity index (χ0n) is 15.2. The van der Waals surface area contributed by atoms with Gasteiger partial charge in [0.15, 0.2) is 5.96 Å². The summed E-state index contributed by atoms with van der Waals surface area (Å²) in [5.74, 6) is 0.474. The van der Waals surface area contributed by atoms with E-state index in [2.05, 4.69) is 32.9 Å². The number of aromatic nitrogens is 1. The van der Waals surface area contributed by atoms with Crippen molar-refractivity contribution in [3.8, 4) is 0 Å². The number of carbonyl (C=O) groups excluding carboxylic acids is 1. The SMILES string of the molecule is CCNC(=NCc1ccccn1)NCC(=O)Nc1cccc(CC)c1.I. The normalized spacial score (nSPS) is 10.6. The summed E-state index contributed by atoms with van der Waals surface area (Å²) in [7, 11) is 0. The van der Waals surface area contributed by atoms with E-state index in [4.69, 9.17) is 0 Å². The average Bonchev–Trinajstić information content (AvgIpc) is 2.65. The largest absolute Gasteiger partial charge is 0.357 e. The summed E-state index contributed by atoms with van der Waals surface area (Å²) in [6.07, 6.45) is 2.68. The summed E-state index contributed by atoms with van der Waals surface area (Å²) in [5.41, 5.74) is 2.87. The van der Waals surface area contributed by atoms with E-state index in [-0.39, 0.29) is 36.4 Å². The number of hydrogen-bond acceptors (Lipinski definition) is 3. The Morgan fingerprint density at radius 2 is 1.96 bits per heavy atom. The van der Waals surface area contributed by atoms with Crippen LogP contribution in [0.3, 0.4) is 0 Å². The molecule has 26 heavy (non-hydrogen) atoms. The van der Waals surface area contributed by atoms with Gasteiger partial charge in [-0.25, -0.2) is 4.99 Å². The number of amides is 1. The molecule has 0 unspecified atom stereocenters. The molecule has 0 aliphatic rings. The van der Waals surface area contributed by atoms with Gasteiger partial charge in [0.05, 0.1) is 18.8 Å². The van der Waals surface area contributed by atoms with Crippen LogP contribution in [0, 0.1) is 0 Å². The molecule has 1 heterocycles. The zero-order valence-corrected chi connectivity index (χ0v) is 17.5. The van der Waals surface area contributed by atoms with Crippen LogP contribution < -0.4 is 16.0 Å². The maximum absolute atomic E-state index is 12.1. The first-order valence-corrected chi connectivity index (χ1v) is 8.52. The van der Waals surface area contributed by atoms with Gasteiger partial charge in [-0.05, 0) is 43.2 Å². The fraction of sp³-hybridized carbons (Fsp3) is 0.316. The molecule has 1 aromatic carbocycles. The number of carbonyl (C=O) groups is 1. The standard InChI is InChI=1S/C19H25N5O.HI/c1-3-15-8-7-10-16(12-15)24-18(25)14-23-19(20-4-2)22-13-17-9-5-6-11-21-17;/h5-12H,3-4,13-14H2,1-2H3,(H,24,25)(H2,20,22,23);1H. The van der Waals surface area contributed by atoms with Crippen LogP contribution in [0.4, 0.5) is 5.69 Å². The van der Waals surface area contributed by atoms with Crippen molar-refractivity contribution in [3.05, 3.63) is 59.9 Å².